The van der Waals surface area contributed by atoms with Gasteiger partial charge in [0.05, 0.1) is 0 Å². The summed E-state index contributed by atoms with van der Waals surface area (Å²) in [6, 6.07) is 86.6. The molecule has 11 aromatic carbocycles. The third kappa shape index (κ3) is 6.72. The molecule has 1 aliphatic rings. The van der Waals surface area contributed by atoms with Gasteiger partial charge in [-0.15, -0.1) is 22.7 Å². The fourth-order valence-electron chi connectivity index (χ4n) is 10.3. The normalized spacial score (nSPS) is 11.9. The van der Waals surface area contributed by atoms with Crippen LogP contribution in [0.2, 0.25) is 0 Å². The number of para-hydroxylation sites is 4. The Kier molecular flexibility index (Phi) is 9.54. The molecule has 1 aliphatic heterocycles. The van der Waals surface area contributed by atoms with Crippen LogP contribution >= 0.6 is 22.7 Å². The lowest BCUT2D eigenvalue weighted by Crippen LogP contribution is -2.09. The molecule has 4 nitrogen and oxygen atoms in total. The number of ether oxygens (including phenoxy) is 2. The maximum Gasteiger partial charge on any atom is 0.179 e. The van der Waals surface area contributed by atoms with Crippen LogP contribution in [0.1, 0.15) is 0 Å². The molecule has 0 spiro atoms. The summed E-state index contributed by atoms with van der Waals surface area (Å²) < 4.78 is 19.1. The quantitative estimate of drug-likeness (QED) is 0.152. The van der Waals surface area contributed by atoms with Gasteiger partial charge in [0.25, 0.3) is 0 Å². The average Bonchev–Trinajstić information content (AvgIpc) is 3.99. The standard InChI is InChI=1S/C64H40N2O2S2/c1-3-15-43(16-4-1)65(47-35-37-51-49-19-9-13-25-57(49)69-59(51)39-47)45-31-27-41(28-32-45)61-53-21-7-8-22-54(53)62(64-63(61)67-55-23-11-12-24-56(55)68-64)42-29-33-46(34-30-42)66(44-17-5-2-6-18-44)48-36-38-52-50-20-10-14-26-58(50)70-60(52)40-48/h1-40H. The molecular formula is C64H40N2O2S2. The average molecular weight is 933 g/mol. The van der Waals surface area contributed by atoms with E-state index in [2.05, 4.69) is 228 Å². The zero-order chi connectivity index (χ0) is 46.1. The zero-order valence-corrected chi connectivity index (χ0v) is 39.3. The molecule has 330 valence electrons. The van der Waals surface area contributed by atoms with Crippen molar-refractivity contribution in [1.82, 2.24) is 0 Å². The van der Waals surface area contributed by atoms with Crippen LogP contribution in [-0.4, -0.2) is 0 Å². The Hall–Kier alpha value is -8.68. The van der Waals surface area contributed by atoms with Crippen LogP contribution < -0.4 is 19.3 Å². The van der Waals surface area contributed by atoms with Gasteiger partial charge in [0, 0.05) is 85.6 Å². The van der Waals surface area contributed by atoms with Crippen LogP contribution in [0.4, 0.5) is 34.1 Å². The monoisotopic (exact) mass is 932 g/mol. The minimum Gasteiger partial charge on any atom is -0.449 e. The SMILES string of the molecule is c1ccc(N(c2ccc(-c3c4c(c(-c5ccc(N(c6ccccc6)c6ccc7c(c6)sc6ccccc67)cc5)c5ccccc35)Oc3ccccc3O4)cc2)c2ccc3c(c2)sc2ccccc23)cc1. The van der Waals surface area contributed by atoms with Crippen LogP contribution in [0.3, 0.4) is 0 Å². The van der Waals surface area contributed by atoms with E-state index in [1.807, 2.05) is 46.9 Å². The summed E-state index contributed by atoms with van der Waals surface area (Å²) in [6.45, 7) is 0. The Bertz CT molecular complexity index is 3860. The number of rotatable bonds is 8. The topological polar surface area (TPSA) is 24.9 Å². The first-order valence-corrected chi connectivity index (χ1v) is 25.1. The van der Waals surface area contributed by atoms with E-state index < -0.39 is 0 Å². The Labute approximate surface area is 412 Å². The summed E-state index contributed by atoms with van der Waals surface area (Å²) in [5, 5.41) is 7.31. The summed E-state index contributed by atoms with van der Waals surface area (Å²) in [5.74, 6) is 2.76. The second kappa shape index (κ2) is 16.5. The van der Waals surface area contributed by atoms with E-state index in [0.717, 1.165) is 67.2 Å². The van der Waals surface area contributed by atoms with Gasteiger partial charge in [-0.2, -0.15) is 0 Å². The van der Waals surface area contributed by atoms with E-state index in [0.29, 0.717) is 23.0 Å². The van der Waals surface area contributed by atoms with Crippen molar-refractivity contribution < 1.29 is 9.47 Å². The summed E-state index contributed by atoms with van der Waals surface area (Å²) in [5.41, 5.74) is 10.5. The lowest BCUT2D eigenvalue weighted by atomic mass is 9.89. The number of thiophene rings is 2. The Morgan fingerprint density at radius 2 is 0.586 bits per heavy atom. The molecule has 13 aromatic rings. The Morgan fingerprint density at radius 1 is 0.257 bits per heavy atom. The predicted octanol–water partition coefficient (Wildman–Crippen LogP) is 19.7. The number of hydrogen-bond donors (Lipinski definition) is 0. The van der Waals surface area contributed by atoms with Gasteiger partial charge in [-0.3, -0.25) is 0 Å². The number of fused-ring (bicyclic) bond motifs is 9. The molecule has 70 heavy (non-hydrogen) atoms. The molecule has 0 fully saturated rings. The zero-order valence-electron chi connectivity index (χ0n) is 37.6. The van der Waals surface area contributed by atoms with E-state index in [1.54, 1.807) is 0 Å². The van der Waals surface area contributed by atoms with Gasteiger partial charge in [0.15, 0.2) is 23.0 Å². The molecule has 0 radical (unpaired) electrons. The molecule has 0 bridgehead atoms. The minimum atomic E-state index is 0.686. The minimum absolute atomic E-state index is 0.686. The van der Waals surface area contributed by atoms with Crippen molar-refractivity contribution in [3.05, 3.63) is 243 Å². The number of nitrogens with zero attached hydrogens (tertiary/aromatic N) is 2. The molecule has 0 N–H and O–H groups in total. The fraction of sp³-hybridized carbons (Fsp3) is 0. The van der Waals surface area contributed by atoms with E-state index in [4.69, 9.17) is 9.47 Å². The van der Waals surface area contributed by atoms with Crippen molar-refractivity contribution in [1.29, 1.82) is 0 Å². The summed E-state index contributed by atoms with van der Waals surface area (Å²) in [7, 11) is 0. The first kappa shape index (κ1) is 40.4. The van der Waals surface area contributed by atoms with Crippen molar-refractivity contribution in [2.75, 3.05) is 9.80 Å². The first-order valence-electron chi connectivity index (χ1n) is 23.5. The van der Waals surface area contributed by atoms with Crippen molar-refractivity contribution in [2.24, 2.45) is 0 Å². The first-order chi connectivity index (χ1) is 34.7. The lowest BCUT2D eigenvalue weighted by Gasteiger charge is -2.28. The Balaban J connectivity index is 0.891. The van der Waals surface area contributed by atoms with Crippen LogP contribution in [0, 0.1) is 0 Å². The van der Waals surface area contributed by atoms with Crippen LogP contribution in [0.25, 0.3) is 73.4 Å². The maximum absolute atomic E-state index is 7.01. The number of hydrogen-bond acceptors (Lipinski definition) is 6. The Morgan fingerprint density at radius 3 is 1.01 bits per heavy atom. The molecule has 2 aromatic heterocycles. The molecule has 0 unspecified atom stereocenters. The summed E-state index contributed by atoms with van der Waals surface area (Å²) in [4.78, 5) is 4.68. The molecule has 3 heterocycles. The van der Waals surface area contributed by atoms with Crippen molar-refractivity contribution >= 4 is 108 Å². The summed E-state index contributed by atoms with van der Waals surface area (Å²) >= 11 is 3.68. The molecule has 0 atom stereocenters. The van der Waals surface area contributed by atoms with Gasteiger partial charge < -0.3 is 19.3 Å². The third-order valence-electron chi connectivity index (χ3n) is 13.5. The second-order valence-corrected chi connectivity index (χ2v) is 19.8. The van der Waals surface area contributed by atoms with Gasteiger partial charge in [0.2, 0.25) is 0 Å². The number of benzene rings is 11. The molecule has 0 amide bonds. The third-order valence-corrected chi connectivity index (χ3v) is 15.8. The second-order valence-electron chi connectivity index (χ2n) is 17.6. The van der Waals surface area contributed by atoms with Gasteiger partial charge in [0.1, 0.15) is 0 Å². The highest BCUT2D eigenvalue weighted by molar-refractivity contribution is 7.26. The van der Waals surface area contributed by atoms with E-state index in [1.165, 1.54) is 40.3 Å². The lowest BCUT2D eigenvalue weighted by molar-refractivity contribution is 0.362. The van der Waals surface area contributed by atoms with Gasteiger partial charge >= 0.3 is 0 Å². The molecule has 6 heteroatoms. The highest BCUT2D eigenvalue weighted by Gasteiger charge is 2.30. The maximum atomic E-state index is 7.01. The van der Waals surface area contributed by atoms with E-state index in [9.17, 15) is 0 Å². The van der Waals surface area contributed by atoms with E-state index in [-0.39, 0.29) is 0 Å². The highest BCUT2D eigenvalue weighted by Crippen LogP contribution is 2.58. The van der Waals surface area contributed by atoms with Crippen LogP contribution in [0.5, 0.6) is 23.0 Å². The fourth-order valence-corrected chi connectivity index (χ4v) is 12.6. The van der Waals surface area contributed by atoms with Crippen molar-refractivity contribution in [3.63, 3.8) is 0 Å². The van der Waals surface area contributed by atoms with E-state index >= 15 is 0 Å². The smallest absolute Gasteiger partial charge is 0.179 e. The number of anilines is 6. The van der Waals surface area contributed by atoms with Crippen molar-refractivity contribution in [2.45, 2.75) is 0 Å². The highest BCUT2D eigenvalue weighted by atomic mass is 32.1. The molecular weight excluding hydrogens is 893 g/mol. The van der Waals surface area contributed by atoms with Gasteiger partial charge in [-0.05, 0) is 119 Å². The largest absolute Gasteiger partial charge is 0.449 e. The van der Waals surface area contributed by atoms with Crippen LogP contribution in [0.15, 0.2) is 243 Å². The van der Waals surface area contributed by atoms with Gasteiger partial charge in [-0.1, -0.05) is 146 Å². The molecule has 14 rings (SSSR count). The van der Waals surface area contributed by atoms with Gasteiger partial charge in [-0.25, -0.2) is 0 Å². The molecule has 0 saturated heterocycles. The summed E-state index contributed by atoms with van der Waals surface area (Å²) in [6.07, 6.45) is 0. The van der Waals surface area contributed by atoms with Crippen LogP contribution in [-0.2, 0) is 0 Å². The molecule has 0 saturated carbocycles. The predicted molar refractivity (Wildman–Crippen MR) is 297 cm³/mol. The molecule has 0 aliphatic carbocycles. The van der Waals surface area contributed by atoms with Crippen molar-refractivity contribution in [3.8, 4) is 45.3 Å².